The quantitative estimate of drug-likeness (QED) is 0.287. The molecule has 0 heterocycles. The second kappa shape index (κ2) is 17.1. The largest absolute Gasteiger partial charge is 0.508 e. The van der Waals surface area contributed by atoms with E-state index in [4.69, 9.17) is 9.47 Å². The molecular weight excluding hydrogens is 484 g/mol. The number of phenolic OH excluding ortho intramolecular Hbond substituents is 1. The lowest BCUT2D eigenvalue weighted by molar-refractivity contribution is 0.208. The third-order valence-corrected chi connectivity index (χ3v) is 7.02. The molecule has 0 amide bonds. The van der Waals surface area contributed by atoms with Gasteiger partial charge >= 0.3 is 0 Å². The monoisotopic (exact) mass is 530 g/mol. The van der Waals surface area contributed by atoms with E-state index in [1.165, 1.54) is 41.6 Å². The lowest BCUT2D eigenvalue weighted by Crippen LogP contribution is -2.30. The number of hydrogen-bond acceptors (Lipinski definition) is 5. The number of ether oxygens (including phenoxy) is 2. The number of terminal acetylenes is 1. The maximum Gasteiger partial charge on any atom is 0.120 e. The van der Waals surface area contributed by atoms with Crippen LogP contribution in [0.3, 0.4) is 0 Å². The molecule has 39 heavy (non-hydrogen) atoms. The molecule has 0 unspecified atom stereocenters. The highest BCUT2D eigenvalue weighted by Crippen LogP contribution is 2.25. The standard InChI is InChI=1S/C22H32N2O2.C10H12O.C2H2/c1-6-24(20-8-7-9-22(16-20)25-5)17-19-10-12-21(13-11-19)26-15-14-23(4)18(2)3;11-10-6-5-8-3-1-2-4-9(8)7-10;1-2/h7-13,16,18H,6,14-15,17H2,1-5H3;5-7,11H,1-4H2;1-2H. The predicted molar refractivity (Wildman–Crippen MR) is 164 cm³/mol. The van der Waals surface area contributed by atoms with Crippen LogP contribution in [0.15, 0.2) is 66.7 Å². The van der Waals surface area contributed by atoms with Crippen LogP contribution >= 0.6 is 0 Å². The summed E-state index contributed by atoms with van der Waals surface area (Å²) in [5.41, 5.74) is 5.20. The number of phenols is 1. The Hall–Kier alpha value is -3.62. The van der Waals surface area contributed by atoms with Crippen molar-refractivity contribution in [3.8, 4) is 30.1 Å². The smallest absolute Gasteiger partial charge is 0.120 e. The molecule has 5 nitrogen and oxygen atoms in total. The molecule has 0 fully saturated rings. The van der Waals surface area contributed by atoms with Gasteiger partial charge in [0.1, 0.15) is 23.9 Å². The lowest BCUT2D eigenvalue weighted by atomic mass is 9.92. The first-order chi connectivity index (χ1) is 18.9. The molecule has 0 radical (unpaired) electrons. The molecule has 0 spiro atoms. The highest BCUT2D eigenvalue weighted by Gasteiger charge is 2.09. The molecule has 0 bridgehead atoms. The van der Waals surface area contributed by atoms with E-state index in [9.17, 15) is 5.11 Å². The van der Waals surface area contributed by atoms with Gasteiger partial charge < -0.3 is 24.4 Å². The van der Waals surface area contributed by atoms with Crippen molar-refractivity contribution in [2.75, 3.05) is 38.8 Å². The van der Waals surface area contributed by atoms with Crippen LogP contribution in [0.1, 0.15) is 50.3 Å². The van der Waals surface area contributed by atoms with E-state index < -0.39 is 0 Å². The second-order valence-electron chi connectivity index (χ2n) is 9.94. The summed E-state index contributed by atoms with van der Waals surface area (Å²) in [6, 6.07) is 22.9. The van der Waals surface area contributed by atoms with E-state index in [-0.39, 0.29) is 0 Å². The molecule has 3 aromatic rings. The van der Waals surface area contributed by atoms with E-state index >= 15 is 0 Å². The van der Waals surface area contributed by atoms with Gasteiger partial charge in [-0.15, -0.1) is 12.8 Å². The fourth-order valence-corrected chi connectivity index (χ4v) is 4.39. The zero-order chi connectivity index (χ0) is 28.6. The lowest BCUT2D eigenvalue weighted by Gasteiger charge is -2.24. The van der Waals surface area contributed by atoms with Crippen LogP contribution in [0.5, 0.6) is 17.2 Å². The van der Waals surface area contributed by atoms with Crippen LogP contribution in [0.4, 0.5) is 5.69 Å². The molecule has 1 N–H and O–H groups in total. The fourth-order valence-electron chi connectivity index (χ4n) is 4.39. The topological polar surface area (TPSA) is 45.2 Å². The minimum absolute atomic E-state index is 0.408. The van der Waals surface area contributed by atoms with E-state index in [2.05, 4.69) is 86.9 Å². The Labute approximate surface area is 236 Å². The Bertz CT molecular complexity index is 1120. The summed E-state index contributed by atoms with van der Waals surface area (Å²) in [5.74, 6) is 2.22. The number of benzene rings is 3. The van der Waals surface area contributed by atoms with Crippen LogP contribution in [-0.2, 0) is 19.4 Å². The van der Waals surface area contributed by atoms with Crippen molar-refractivity contribution in [3.63, 3.8) is 0 Å². The summed E-state index contributed by atoms with van der Waals surface area (Å²) in [5, 5.41) is 9.19. The Kier molecular flexibility index (Phi) is 13.8. The molecule has 3 aromatic carbocycles. The van der Waals surface area contributed by atoms with Crippen LogP contribution in [0, 0.1) is 12.8 Å². The summed E-state index contributed by atoms with van der Waals surface area (Å²) < 4.78 is 11.2. The number of fused-ring (bicyclic) bond motifs is 1. The normalized spacial score (nSPS) is 11.9. The molecule has 5 heteroatoms. The van der Waals surface area contributed by atoms with Crippen LogP contribution in [0.25, 0.3) is 0 Å². The zero-order valence-corrected chi connectivity index (χ0v) is 24.4. The molecule has 0 aliphatic heterocycles. The van der Waals surface area contributed by atoms with Gasteiger partial charge in [-0.25, -0.2) is 0 Å². The third-order valence-electron chi connectivity index (χ3n) is 7.02. The fraction of sp³-hybridized carbons (Fsp3) is 0.412. The SMILES string of the molecule is C#C.CCN(Cc1ccc(OCCN(C)C(C)C)cc1)c1cccc(OC)c1.Oc1ccc2c(c1)CCCC2. The van der Waals surface area contributed by atoms with Gasteiger partial charge in [-0.05, 0) is 107 Å². The van der Waals surface area contributed by atoms with E-state index in [0.717, 1.165) is 37.6 Å². The summed E-state index contributed by atoms with van der Waals surface area (Å²) in [7, 11) is 3.82. The van der Waals surface area contributed by atoms with Gasteiger partial charge in [0.15, 0.2) is 0 Å². The summed E-state index contributed by atoms with van der Waals surface area (Å²) in [6.45, 7) is 9.99. The minimum Gasteiger partial charge on any atom is -0.508 e. The number of aryl methyl sites for hydroxylation is 2. The summed E-state index contributed by atoms with van der Waals surface area (Å²) in [4.78, 5) is 4.61. The number of anilines is 1. The van der Waals surface area contributed by atoms with Gasteiger partial charge in [0.25, 0.3) is 0 Å². The molecule has 4 rings (SSSR count). The maximum atomic E-state index is 9.19. The number of likely N-dealkylation sites (N-methyl/N-ethyl adjacent to an activating group) is 1. The van der Waals surface area contributed by atoms with Gasteiger partial charge in [0.2, 0.25) is 0 Å². The van der Waals surface area contributed by atoms with Crippen molar-refractivity contribution in [2.24, 2.45) is 0 Å². The van der Waals surface area contributed by atoms with Crippen LogP contribution < -0.4 is 14.4 Å². The van der Waals surface area contributed by atoms with Crippen molar-refractivity contribution in [3.05, 3.63) is 83.4 Å². The molecule has 0 saturated carbocycles. The molecule has 1 aliphatic carbocycles. The molecule has 210 valence electrons. The van der Waals surface area contributed by atoms with E-state index in [1.807, 2.05) is 24.3 Å². The van der Waals surface area contributed by atoms with Crippen molar-refractivity contribution < 1.29 is 14.6 Å². The molecular formula is C34H46N2O3. The average molecular weight is 531 g/mol. The highest BCUT2D eigenvalue weighted by molar-refractivity contribution is 5.51. The summed E-state index contributed by atoms with van der Waals surface area (Å²) in [6.07, 6.45) is 12.9. The Morgan fingerprint density at radius 1 is 0.897 bits per heavy atom. The first-order valence-corrected chi connectivity index (χ1v) is 13.8. The highest BCUT2D eigenvalue weighted by atomic mass is 16.5. The number of hydrogen-bond donors (Lipinski definition) is 1. The second-order valence-corrected chi connectivity index (χ2v) is 9.94. The van der Waals surface area contributed by atoms with Gasteiger partial charge in [0, 0.05) is 37.4 Å². The molecule has 0 saturated heterocycles. The van der Waals surface area contributed by atoms with E-state index in [1.54, 1.807) is 13.2 Å². The maximum absolute atomic E-state index is 9.19. The number of nitrogens with zero attached hydrogens (tertiary/aromatic N) is 2. The first kappa shape index (κ1) is 31.6. The van der Waals surface area contributed by atoms with Crippen LogP contribution in [0.2, 0.25) is 0 Å². The number of rotatable bonds is 10. The summed E-state index contributed by atoms with van der Waals surface area (Å²) >= 11 is 0. The Morgan fingerprint density at radius 2 is 1.59 bits per heavy atom. The number of methoxy groups -OCH3 is 1. The van der Waals surface area contributed by atoms with Gasteiger partial charge in [-0.3, -0.25) is 0 Å². The predicted octanol–water partition coefficient (Wildman–Crippen LogP) is 6.96. The van der Waals surface area contributed by atoms with Gasteiger partial charge in [-0.1, -0.05) is 24.3 Å². The zero-order valence-electron chi connectivity index (χ0n) is 24.4. The third kappa shape index (κ3) is 10.6. The van der Waals surface area contributed by atoms with Crippen molar-refractivity contribution >= 4 is 5.69 Å². The van der Waals surface area contributed by atoms with Gasteiger partial charge in [-0.2, -0.15) is 0 Å². The van der Waals surface area contributed by atoms with Crippen molar-refractivity contribution in [2.45, 2.75) is 59.0 Å². The molecule has 0 aromatic heterocycles. The van der Waals surface area contributed by atoms with Crippen LogP contribution in [-0.4, -0.2) is 49.9 Å². The van der Waals surface area contributed by atoms with Crippen molar-refractivity contribution in [1.82, 2.24) is 4.90 Å². The Balaban J connectivity index is 0.000000338. The van der Waals surface area contributed by atoms with E-state index in [0.29, 0.717) is 18.4 Å². The molecule has 1 aliphatic rings. The van der Waals surface area contributed by atoms with Crippen molar-refractivity contribution in [1.29, 1.82) is 0 Å². The van der Waals surface area contributed by atoms with Gasteiger partial charge in [0.05, 0.1) is 7.11 Å². The minimum atomic E-state index is 0.408. The first-order valence-electron chi connectivity index (χ1n) is 13.8. The average Bonchev–Trinajstić information content (AvgIpc) is 2.97. The number of aromatic hydroxyl groups is 1. The Morgan fingerprint density at radius 3 is 2.23 bits per heavy atom. The molecule has 0 atom stereocenters.